The summed E-state index contributed by atoms with van der Waals surface area (Å²) in [6.45, 7) is 5.37. The van der Waals surface area contributed by atoms with Crippen LogP contribution in [0.3, 0.4) is 0 Å². The van der Waals surface area contributed by atoms with Crippen LogP contribution in [0.2, 0.25) is 0 Å². The van der Waals surface area contributed by atoms with E-state index in [-0.39, 0.29) is 6.04 Å². The molecule has 2 rings (SSSR count). The zero-order chi connectivity index (χ0) is 19.1. The number of ether oxygens (including phenoxy) is 1. The molecule has 0 radical (unpaired) electrons. The van der Waals surface area contributed by atoms with Gasteiger partial charge in [-0.3, -0.25) is 4.90 Å². The second-order valence-corrected chi connectivity index (χ2v) is 8.34. The van der Waals surface area contributed by atoms with Gasteiger partial charge in [0.25, 0.3) is 0 Å². The lowest BCUT2D eigenvalue weighted by Gasteiger charge is -2.23. The molecule has 0 saturated heterocycles. The van der Waals surface area contributed by atoms with Gasteiger partial charge in [0.2, 0.25) is 0 Å². The number of methoxy groups -OCH3 is 1. The highest BCUT2D eigenvalue weighted by Crippen LogP contribution is 2.31. The van der Waals surface area contributed by atoms with Crippen molar-refractivity contribution in [3.05, 3.63) is 34.1 Å². The summed E-state index contributed by atoms with van der Waals surface area (Å²) in [6, 6.07) is 6.38. The molecule has 7 heteroatoms. The van der Waals surface area contributed by atoms with E-state index in [2.05, 4.69) is 69.6 Å². The van der Waals surface area contributed by atoms with Crippen LogP contribution in [0.5, 0.6) is 5.75 Å². The quantitative estimate of drug-likeness (QED) is 0.477. The molecule has 0 spiro atoms. The molecule has 0 N–H and O–H groups in total. The van der Waals surface area contributed by atoms with Gasteiger partial charge in [0, 0.05) is 22.3 Å². The van der Waals surface area contributed by atoms with Gasteiger partial charge < -0.3 is 9.30 Å². The highest BCUT2D eigenvalue weighted by molar-refractivity contribution is 9.10. The number of rotatable bonds is 10. The summed E-state index contributed by atoms with van der Waals surface area (Å²) < 4.78 is 8.85. The second kappa shape index (κ2) is 10.3. The molecule has 1 atom stereocenters. The molecule has 0 saturated carbocycles. The molecule has 5 nitrogen and oxygen atoms in total. The van der Waals surface area contributed by atoms with Crippen LogP contribution < -0.4 is 4.74 Å². The molecule has 0 fully saturated rings. The maximum Gasteiger partial charge on any atom is 0.191 e. The first-order valence-electron chi connectivity index (χ1n) is 9.06. The molecule has 0 aliphatic rings. The van der Waals surface area contributed by atoms with E-state index >= 15 is 0 Å². The molecule has 0 aliphatic carbocycles. The van der Waals surface area contributed by atoms with Crippen LogP contribution in [0.1, 0.15) is 50.5 Å². The number of hydrogen-bond acceptors (Lipinski definition) is 5. The normalized spacial score (nSPS) is 12.6. The van der Waals surface area contributed by atoms with E-state index in [4.69, 9.17) is 4.74 Å². The lowest BCUT2D eigenvalue weighted by atomic mass is 10.2. The third-order valence-electron chi connectivity index (χ3n) is 4.39. The van der Waals surface area contributed by atoms with Crippen molar-refractivity contribution in [3.8, 4) is 5.75 Å². The predicted octanol–water partition coefficient (Wildman–Crippen LogP) is 5.15. The molecule has 1 unspecified atom stereocenters. The van der Waals surface area contributed by atoms with Gasteiger partial charge in [-0.05, 0) is 45.1 Å². The lowest BCUT2D eigenvalue weighted by molar-refractivity contribution is 0.270. The van der Waals surface area contributed by atoms with Crippen LogP contribution in [0.25, 0.3) is 0 Å². The van der Waals surface area contributed by atoms with Gasteiger partial charge in [-0.15, -0.1) is 10.2 Å². The number of nitrogens with zero attached hydrogens (tertiary/aromatic N) is 4. The second-order valence-electron chi connectivity index (χ2n) is 6.48. The number of aromatic nitrogens is 3. The first kappa shape index (κ1) is 21.3. The number of thioether (sulfide) groups is 1. The summed E-state index contributed by atoms with van der Waals surface area (Å²) in [5.74, 6) is 2.76. The Morgan fingerprint density at radius 2 is 2.04 bits per heavy atom. The van der Waals surface area contributed by atoms with E-state index < -0.39 is 0 Å². The maximum atomic E-state index is 5.49. The van der Waals surface area contributed by atoms with Crippen molar-refractivity contribution in [1.29, 1.82) is 0 Å². The molecule has 0 amide bonds. The van der Waals surface area contributed by atoms with Crippen molar-refractivity contribution < 1.29 is 4.74 Å². The van der Waals surface area contributed by atoms with Gasteiger partial charge in [0.15, 0.2) is 11.0 Å². The summed E-state index contributed by atoms with van der Waals surface area (Å²) >= 11 is 5.26. The highest BCUT2D eigenvalue weighted by atomic mass is 79.9. The van der Waals surface area contributed by atoms with E-state index in [1.54, 1.807) is 18.9 Å². The number of benzene rings is 1. The Hall–Kier alpha value is -1.05. The third-order valence-corrected chi connectivity index (χ3v) is 5.90. The molecular weight excluding hydrogens is 412 g/mol. The SMILES string of the molecule is CCCCn1c(SCc2cc(Br)ccc2OC)nnc1C(CC)N(C)C. The van der Waals surface area contributed by atoms with Crippen molar-refractivity contribution in [2.24, 2.45) is 0 Å². The Bertz CT molecular complexity index is 705. The van der Waals surface area contributed by atoms with Gasteiger partial charge >= 0.3 is 0 Å². The van der Waals surface area contributed by atoms with Gasteiger partial charge in [0.1, 0.15) is 5.75 Å². The summed E-state index contributed by atoms with van der Waals surface area (Å²) in [7, 11) is 5.92. The topological polar surface area (TPSA) is 43.2 Å². The Kier molecular flexibility index (Phi) is 8.44. The number of halogens is 1. The van der Waals surface area contributed by atoms with E-state index in [1.807, 2.05) is 12.1 Å². The fourth-order valence-corrected chi connectivity index (χ4v) is 4.32. The van der Waals surface area contributed by atoms with Gasteiger partial charge in [-0.1, -0.05) is 48.0 Å². The van der Waals surface area contributed by atoms with Crippen molar-refractivity contribution in [2.75, 3.05) is 21.2 Å². The maximum absolute atomic E-state index is 5.49. The standard InChI is InChI=1S/C19H29BrN4OS/c1-6-8-11-24-18(16(7-2)23(3)4)21-22-19(24)26-13-14-12-15(20)9-10-17(14)25-5/h9-10,12,16H,6-8,11,13H2,1-5H3. The van der Waals surface area contributed by atoms with Crippen LogP contribution in [0.15, 0.2) is 27.8 Å². The molecule has 0 bridgehead atoms. The van der Waals surface area contributed by atoms with Crippen LogP contribution in [0.4, 0.5) is 0 Å². The van der Waals surface area contributed by atoms with Crippen LogP contribution in [0, 0.1) is 0 Å². The minimum Gasteiger partial charge on any atom is -0.496 e. The van der Waals surface area contributed by atoms with Crippen LogP contribution >= 0.6 is 27.7 Å². The zero-order valence-electron chi connectivity index (χ0n) is 16.3. The Morgan fingerprint density at radius 1 is 1.27 bits per heavy atom. The molecule has 144 valence electrons. The van der Waals surface area contributed by atoms with E-state index in [9.17, 15) is 0 Å². The van der Waals surface area contributed by atoms with Gasteiger partial charge in [-0.25, -0.2) is 0 Å². The van der Waals surface area contributed by atoms with Crippen molar-refractivity contribution in [2.45, 2.75) is 56.6 Å². The minimum absolute atomic E-state index is 0.286. The zero-order valence-corrected chi connectivity index (χ0v) is 18.7. The average Bonchev–Trinajstić information content (AvgIpc) is 3.01. The molecule has 1 aromatic heterocycles. The summed E-state index contributed by atoms with van der Waals surface area (Å²) in [5.41, 5.74) is 1.15. The number of hydrogen-bond donors (Lipinski definition) is 0. The van der Waals surface area contributed by atoms with E-state index in [1.165, 1.54) is 0 Å². The largest absolute Gasteiger partial charge is 0.496 e. The van der Waals surface area contributed by atoms with Crippen molar-refractivity contribution in [1.82, 2.24) is 19.7 Å². The average molecular weight is 441 g/mol. The third kappa shape index (κ3) is 5.24. The molecule has 1 aromatic carbocycles. The summed E-state index contributed by atoms with van der Waals surface area (Å²) in [4.78, 5) is 2.22. The van der Waals surface area contributed by atoms with Crippen LogP contribution in [-0.2, 0) is 12.3 Å². The van der Waals surface area contributed by atoms with E-state index in [0.717, 1.165) is 58.3 Å². The fraction of sp³-hybridized carbons (Fsp3) is 0.579. The van der Waals surface area contributed by atoms with Crippen molar-refractivity contribution >= 4 is 27.7 Å². The smallest absolute Gasteiger partial charge is 0.191 e. The molecular formula is C19H29BrN4OS. The Balaban J connectivity index is 2.26. The van der Waals surface area contributed by atoms with Gasteiger partial charge in [-0.2, -0.15) is 0 Å². The van der Waals surface area contributed by atoms with Crippen LogP contribution in [-0.4, -0.2) is 40.9 Å². The summed E-state index contributed by atoms with van der Waals surface area (Å²) in [6.07, 6.45) is 3.30. The Labute approximate surface area is 169 Å². The first-order chi connectivity index (χ1) is 12.5. The van der Waals surface area contributed by atoms with Gasteiger partial charge in [0.05, 0.1) is 13.2 Å². The summed E-state index contributed by atoms with van der Waals surface area (Å²) in [5, 5.41) is 10.0. The lowest BCUT2D eigenvalue weighted by Crippen LogP contribution is -2.23. The number of unbranched alkanes of at least 4 members (excludes halogenated alkanes) is 1. The van der Waals surface area contributed by atoms with Crippen molar-refractivity contribution in [3.63, 3.8) is 0 Å². The molecule has 1 heterocycles. The fourth-order valence-electron chi connectivity index (χ4n) is 2.96. The van der Waals surface area contributed by atoms with E-state index in [0.29, 0.717) is 0 Å². The molecule has 2 aromatic rings. The molecule has 0 aliphatic heterocycles. The highest BCUT2D eigenvalue weighted by Gasteiger charge is 2.22. The Morgan fingerprint density at radius 3 is 2.65 bits per heavy atom. The molecule has 26 heavy (non-hydrogen) atoms. The predicted molar refractivity (Wildman–Crippen MR) is 112 cm³/mol. The minimum atomic E-state index is 0.286. The first-order valence-corrected chi connectivity index (χ1v) is 10.8. The monoisotopic (exact) mass is 440 g/mol.